The van der Waals surface area contributed by atoms with Crippen LogP contribution in [0.15, 0.2) is 18.2 Å². The van der Waals surface area contributed by atoms with Crippen molar-refractivity contribution in [3.8, 4) is 0 Å². The predicted octanol–water partition coefficient (Wildman–Crippen LogP) is 2.71. The molecule has 0 radical (unpaired) electrons. The Hall–Kier alpha value is -1.33. The Balaban J connectivity index is 1.66. The van der Waals surface area contributed by atoms with Gasteiger partial charge in [0.05, 0.1) is 11.2 Å². The summed E-state index contributed by atoms with van der Waals surface area (Å²) in [5.41, 5.74) is 2.63. The van der Waals surface area contributed by atoms with E-state index in [4.69, 9.17) is 9.31 Å². The minimum Gasteiger partial charge on any atom is -0.399 e. The molecule has 0 aromatic heterocycles. The van der Waals surface area contributed by atoms with Gasteiger partial charge in [0.1, 0.15) is 0 Å². The number of amides is 1. The van der Waals surface area contributed by atoms with E-state index in [1.165, 1.54) is 6.42 Å². The Morgan fingerprint density at radius 2 is 1.83 bits per heavy atom. The first-order valence-corrected chi connectivity index (χ1v) is 8.92. The van der Waals surface area contributed by atoms with Gasteiger partial charge in [0, 0.05) is 12.5 Å². The lowest BCUT2D eigenvalue weighted by Crippen LogP contribution is -2.41. The van der Waals surface area contributed by atoms with Gasteiger partial charge in [-0.3, -0.25) is 4.79 Å². The summed E-state index contributed by atoms with van der Waals surface area (Å²) < 4.78 is 12.3. The molecule has 1 saturated carbocycles. The normalized spacial score (nSPS) is 22.3. The van der Waals surface area contributed by atoms with Crippen molar-refractivity contribution in [1.82, 2.24) is 5.32 Å². The van der Waals surface area contributed by atoms with Crippen LogP contribution in [-0.2, 0) is 20.6 Å². The van der Waals surface area contributed by atoms with Crippen LogP contribution in [0, 0.1) is 12.8 Å². The van der Waals surface area contributed by atoms with Crippen molar-refractivity contribution < 1.29 is 14.1 Å². The Morgan fingerprint density at radius 3 is 2.33 bits per heavy atom. The highest BCUT2D eigenvalue weighted by molar-refractivity contribution is 6.62. The van der Waals surface area contributed by atoms with Crippen LogP contribution >= 0.6 is 0 Å². The van der Waals surface area contributed by atoms with E-state index in [0.717, 1.165) is 29.4 Å². The molecule has 1 saturated heterocycles. The maximum Gasteiger partial charge on any atom is 0.495 e. The van der Waals surface area contributed by atoms with Gasteiger partial charge in [0.25, 0.3) is 0 Å². The number of hydrogen-bond acceptors (Lipinski definition) is 3. The van der Waals surface area contributed by atoms with E-state index in [1.807, 2.05) is 0 Å². The van der Waals surface area contributed by atoms with E-state index in [2.05, 4.69) is 58.1 Å². The highest BCUT2D eigenvalue weighted by atomic mass is 16.7. The van der Waals surface area contributed by atoms with Crippen molar-refractivity contribution in [2.24, 2.45) is 5.92 Å². The average molecular weight is 329 g/mol. The van der Waals surface area contributed by atoms with Gasteiger partial charge < -0.3 is 14.6 Å². The van der Waals surface area contributed by atoms with Crippen LogP contribution in [0.2, 0.25) is 0 Å². The van der Waals surface area contributed by atoms with Gasteiger partial charge in [0.15, 0.2) is 0 Å². The summed E-state index contributed by atoms with van der Waals surface area (Å²) in [5, 5.41) is 3.04. The van der Waals surface area contributed by atoms with Crippen LogP contribution in [0.5, 0.6) is 0 Å². The predicted molar refractivity (Wildman–Crippen MR) is 96.1 cm³/mol. The minimum atomic E-state index is -0.339. The van der Waals surface area contributed by atoms with Crippen LogP contribution in [0.3, 0.4) is 0 Å². The topological polar surface area (TPSA) is 47.6 Å². The van der Waals surface area contributed by atoms with Crippen LogP contribution in [0.4, 0.5) is 0 Å². The van der Waals surface area contributed by atoms with Gasteiger partial charge in [-0.05, 0) is 58.5 Å². The molecule has 2 aliphatic rings. The maximum atomic E-state index is 12.0. The van der Waals surface area contributed by atoms with Gasteiger partial charge in [-0.2, -0.15) is 0 Å². The van der Waals surface area contributed by atoms with Crippen LogP contribution in [0.25, 0.3) is 0 Å². The van der Waals surface area contributed by atoms with Gasteiger partial charge in [0.2, 0.25) is 5.91 Å². The lowest BCUT2D eigenvalue weighted by atomic mass is 9.76. The first-order valence-electron chi connectivity index (χ1n) is 8.92. The number of rotatable bonds is 4. The molecule has 1 N–H and O–H groups in total. The van der Waals surface area contributed by atoms with Gasteiger partial charge >= 0.3 is 7.12 Å². The van der Waals surface area contributed by atoms with Crippen LogP contribution in [0.1, 0.15) is 58.1 Å². The van der Waals surface area contributed by atoms with Crippen molar-refractivity contribution in [2.75, 3.05) is 0 Å². The van der Waals surface area contributed by atoms with Crippen LogP contribution < -0.4 is 10.8 Å². The third-order valence-electron chi connectivity index (χ3n) is 5.78. The molecule has 0 atom stereocenters. The molecule has 130 valence electrons. The second kappa shape index (κ2) is 6.19. The fourth-order valence-corrected chi connectivity index (χ4v) is 3.09. The minimum absolute atomic E-state index is 0.189. The number of carbonyl (C=O) groups excluding carboxylic acids is 1. The van der Waals surface area contributed by atoms with Crippen molar-refractivity contribution in [3.63, 3.8) is 0 Å². The Kier molecular flexibility index (Phi) is 4.52. The molecule has 0 spiro atoms. The molecule has 4 nitrogen and oxygen atoms in total. The number of aryl methyl sites for hydroxylation is 1. The average Bonchev–Trinajstić information content (AvgIpc) is 2.63. The first-order chi connectivity index (χ1) is 11.2. The molecule has 3 rings (SSSR count). The molecule has 1 aromatic carbocycles. The molecule has 1 amide bonds. The summed E-state index contributed by atoms with van der Waals surface area (Å²) in [6, 6.07) is 6.22. The van der Waals surface area contributed by atoms with E-state index < -0.39 is 0 Å². The third-order valence-corrected chi connectivity index (χ3v) is 5.78. The SMILES string of the molecule is Cc1cc(CNC(=O)C2CCC2)ccc1B1OC(C)(C)C(C)(C)O1. The van der Waals surface area contributed by atoms with Crippen molar-refractivity contribution >= 4 is 18.5 Å². The van der Waals surface area contributed by atoms with Gasteiger partial charge in [-0.1, -0.05) is 30.2 Å². The Labute approximate surface area is 145 Å². The quantitative estimate of drug-likeness (QED) is 0.864. The second-order valence-corrected chi connectivity index (χ2v) is 8.12. The smallest absolute Gasteiger partial charge is 0.399 e. The number of hydrogen-bond donors (Lipinski definition) is 1. The molecule has 1 aromatic rings. The molecular formula is C19H28BNO3. The van der Waals surface area contributed by atoms with Crippen molar-refractivity contribution in [3.05, 3.63) is 29.3 Å². The third kappa shape index (κ3) is 3.24. The van der Waals surface area contributed by atoms with E-state index >= 15 is 0 Å². The zero-order valence-electron chi connectivity index (χ0n) is 15.4. The van der Waals surface area contributed by atoms with Gasteiger partial charge in [-0.25, -0.2) is 0 Å². The number of carbonyl (C=O) groups is 1. The molecule has 1 aliphatic carbocycles. The number of nitrogens with one attached hydrogen (secondary N) is 1. The van der Waals surface area contributed by atoms with Crippen molar-refractivity contribution in [1.29, 1.82) is 0 Å². The first kappa shape index (κ1) is 17.5. The second-order valence-electron chi connectivity index (χ2n) is 8.12. The molecule has 1 heterocycles. The molecule has 0 unspecified atom stereocenters. The largest absolute Gasteiger partial charge is 0.495 e. The Morgan fingerprint density at radius 1 is 1.21 bits per heavy atom. The molecule has 0 bridgehead atoms. The summed E-state index contributed by atoms with van der Waals surface area (Å²) in [6.07, 6.45) is 3.25. The van der Waals surface area contributed by atoms with E-state index in [1.54, 1.807) is 0 Å². The van der Waals surface area contributed by atoms with Gasteiger partial charge in [-0.15, -0.1) is 0 Å². The Bertz CT molecular complexity index is 621. The highest BCUT2D eigenvalue weighted by Gasteiger charge is 2.52. The van der Waals surface area contributed by atoms with E-state index in [9.17, 15) is 4.79 Å². The molecular weight excluding hydrogens is 301 g/mol. The molecule has 2 fully saturated rings. The summed E-state index contributed by atoms with van der Waals surface area (Å²) >= 11 is 0. The number of benzene rings is 1. The zero-order chi connectivity index (χ0) is 17.5. The molecule has 5 heteroatoms. The summed E-state index contributed by atoms with van der Waals surface area (Å²) in [7, 11) is -0.339. The molecule has 1 aliphatic heterocycles. The fourth-order valence-electron chi connectivity index (χ4n) is 3.09. The monoisotopic (exact) mass is 329 g/mol. The van der Waals surface area contributed by atoms with Crippen LogP contribution in [-0.4, -0.2) is 24.2 Å². The van der Waals surface area contributed by atoms with E-state index in [-0.39, 0.29) is 30.1 Å². The summed E-state index contributed by atoms with van der Waals surface area (Å²) in [5.74, 6) is 0.420. The summed E-state index contributed by atoms with van der Waals surface area (Å²) in [6.45, 7) is 10.9. The lowest BCUT2D eigenvalue weighted by Gasteiger charge is -2.32. The molecule has 24 heavy (non-hydrogen) atoms. The maximum absolute atomic E-state index is 12.0. The highest BCUT2D eigenvalue weighted by Crippen LogP contribution is 2.36. The van der Waals surface area contributed by atoms with E-state index in [0.29, 0.717) is 6.54 Å². The fraction of sp³-hybridized carbons (Fsp3) is 0.632. The lowest BCUT2D eigenvalue weighted by molar-refractivity contribution is -0.127. The zero-order valence-corrected chi connectivity index (χ0v) is 15.4. The standard InChI is InChI=1S/C19H28BNO3/c1-13-11-14(12-21-17(22)15-7-6-8-15)9-10-16(13)20-23-18(2,3)19(4,5)24-20/h9-11,15H,6-8,12H2,1-5H3,(H,21,22). The summed E-state index contributed by atoms with van der Waals surface area (Å²) in [4.78, 5) is 12.0. The van der Waals surface area contributed by atoms with Crippen molar-refractivity contribution in [2.45, 2.75) is 71.6 Å².